The van der Waals surface area contributed by atoms with Crippen LogP contribution >= 0.6 is 0 Å². The van der Waals surface area contributed by atoms with Gasteiger partial charge in [-0.3, -0.25) is 9.59 Å². The van der Waals surface area contributed by atoms with Crippen LogP contribution < -0.4 is 15.6 Å². The van der Waals surface area contributed by atoms with Crippen LogP contribution in [0.25, 0.3) is 10.8 Å². The lowest BCUT2D eigenvalue weighted by Gasteiger charge is -2.14. The SMILES string of the molecule is COc1ccc(NC(=O)C(C)OC(=O)c2n[nH]c(=O)c3ccccc23)cc1. The number of carbonyl (C=O) groups is 2. The van der Waals surface area contributed by atoms with Gasteiger partial charge < -0.3 is 14.8 Å². The normalized spacial score (nSPS) is 11.6. The van der Waals surface area contributed by atoms with Gasteiger partial charge in [-0.1, -0.05) is 18.2 Å². The van der Waals surface area contributed by atoms with Gasteiger partial charge in [0.2, 0.25) is 0 Å². The van der Waals surface area contributed by atoms with Gasteiger partial charge in [0.1, 0.15) is 5.75 Å². The predicted octanol–water partition coefficient (Wildman–Crippen LogP) is 2.12. The lowest BCUT2D eigenvalue weighted by molar-refractivity contribution is -0.123. The summed E-state index contributed by atoms with van der Waals surface area (Å²) in [5.74, 6) is -0.648. The molecule has 8 nitrogen and oxygen atoms in total. The van der Waals surface area contributed by atoms with E-state index in [1.54, 1.807) is 55.6 Å². The Balaban J connectivity index is 1.72. The Bertz CT molecular complexity index is 1040. The summed E-state index contributed by atoms with van der Waals surface area (Å²) in [6.45, 7) is 1.45. The summed E-state index contributed by atoms with van der Waals surface area (Å²) in [7, 11) is 1.55. The molecular formula is C19H17N3O5. The first-order valence-electron chi connectivity index (χ1n) is 8.13. The highest BCUT2D eigenvalue weighted by Crippen LogP contribution is 2.17. The lowest BCUT2D eigenvalue weighted by atomic mass is 10.1. The number of fused-ring (bicyclic) bond motifs is 1. The molecule has 0 spiro atoms. The van der Waals surface area contributed by atoms with Gasteiger partial charge in [-0.05, 0) is 37.3 Å². The number of hydrogen-bond acceptors (Lipinski definition) is 6. The molecule has 2 aromatic carbocycles. The summed E-state index contributed by atoms with van der Waals surface area (Å²) < 4.78 is 10.3. The molecule has 0 saturated heterocycles. The van der Waals surface area contributed by atoms with Crippen molar-refractivity contribution in [3.05, 3.63) is 64.6 Å². The highest BCUT2D eigenvalue weighted by molar-refractivity contribution is 6.03. The van der Waals surface area contributed by atoms with E-state index in [1.165, 1.54) is 6.92 Å². The highest BCUT2D eigenvalue weighted by Gasteiger charge is 2.22. The third kappa shape index (κ3) is 3.95. The molecule has 2 N–H and O–H groups in total. The Morgan fingerprint density at radius 2 is 1.74 bits per heavy atom. The summed E-state index contributed by atoms with van der Waals surface area (Å²) >= 11 is 0. The van der Waals surface area contributed by atoms with Crippen molar-refractivity contribution >= 4 is 28.3 Å². The van der Waals surface area contributed by atoms with Crippen LogP contribution in [-0.4, -0.2) is 35.3 Å². The zero-order valence-corrected chi connectivity index (χ0v) is 14.7. The average molecular weight is 367 g/mol. The Labute approximate surface area is 154 Å². The van der Waals surface area contributed by atoms with E-state index >= 15 is 0 Å². The van der Waals surface area contributed by atoms with Crippen molar-refractivity contribution in [3.63, 3.8) is 0 Å². The number of benzene rings is 2. The molecular weight excluding hydrogens is 350 g/mol. The number of rotatable bonds is 5. The van der Waals surface area contributed by atoms with Crippen molar-refractivity contribution in [2.75, 3.05) is 12.4 Å². The second kappa shape index (κ2) is 7.69. The van der Waals surface area contributed by atoms with E-state index < -0.39 is 23.5 Å². The maximum Gasteiger partial charge on any atom is 0.360 e. The molecule has 0 radical (unpaired) electrons. The first kappa shape index (κ1) is 18.1. The Kier molecular flexibility index (Phi) is 5.16. The molecule has 3 rings (SSSR count). The van der Waals surface area contributed by atoms with E-state index in [4.69, 9.17) is 9.47 Å². The minimum atomic E-state index is -1.06. The summed E-state index contributed by atoms with van der Waals surface area (Å²) in [6, 6.07) is 13.3. The molecule has 0 bridgehead atoms. The Morgan fingerprint density at radius 3 is 2.41 bits per heavy atom. The Hall–Kier alpha value is -3.68. The van der Waals surface area contributed by atoms with Gasteiger partial charge in [0.05, 0.1) is 12.5 Å². The van der Waals surface area contributed by atoms with Crippen molar-refractivity contribution in [1.82, 2.24) is 10.2 Å². The van der Waals surface area contributed by atoms with Crippen LogP contribution in [0.5, 0.6) is 5.75 Å². The monoisotopic (exact) mass is 367 g/mol. The van der Waals surface area contributed by atoms with Crippen molar-refractivity contribution in [1.29, 1.82) is 0 Å². The van der Waals surface area contributed by atoms with Crippen LogP contribution in [0.4, 0.5) is 5.69 Å². The number of aromatic amines is 1. The molecule has 8 heteroatoms. The minimum absolute atomic E-state index is 0.0608. The molecule has 1 heterocycles. The molecule has 0 aliphatic heterocycles. The third-order valence-corrected chi connectivity index (χ3v) is 3.90. The number of aromatic nitrogens is 2. The van der Waals surface area contributed by atoms with Crippen LogP contribution in [0.3, 0.4) is 0 Å². The standard InChI is InChI=1S/C19H17N3O5/c1-11(17(23)20-12-7-9-13(26-2)10-8-12)27-19(25)16-14-5-3-4-6-15(14)18(24)22-21-16/h3-11H,1-2H3,(H,20,23)(H,22,24). The number of H-pyrrole nitrogens is 1. The second-order valence-corrected chi connectivity index (χ2v) is 5.71. The maximum atomic E-state index is 12.4. The van der Waals surface area contributed by atoms with Crippen LogP contribution in [0, 0.1) is 0 Å². The summed E-state index contributed by atoms with van der Waals surface area (Å²) in [5, 5.41) is 9.34. The molecule has 27 heavy (non-hydrogen) atoms. The van der Waals surface area contributed by atoms with E-state index in [2.05, 4.69) is 15.5 Å². The number of methoxy groups -OCH3 is 1. The number of carbonyl (C=O) groups excluding carboxylic acids is 2. The van der Waals surface area contributed by atoms with E-state index in [-0.39, 0.29) is 5.69 Å². The summed E-state index contributed by atoms with van der Waals surface area (Å²) in [6.07, 6.45) is -1.06. The fourth-order valence-corrected chi connectivity index (χ4v) is 2.46. The van der Waals surface area contributed by atoms with Crippen LogP contribution in [0.2, 0.25) is 0 Å². The molecule has 0 aliphatic rings. The van der Waals surface area contributed by atoms with Crippen LogP contribution in [0.15, 0.2) is 53.3 Å². The predicted molar refractivity (Wildman–Crippen MR) is 98.9 cm³/mol. The van der Waals surface area contributed by atoms with Crippen LogP contribution in [-0.2, 0) is 9.53 Å². The van der Waals surface area contributed by atoms with Gasteiger partial charge in [0.15, 0.2) is 11.8 Å². The zero-order chi connectivity index (χ0) is 19.4. The van der Waals surface area contributed by atoms with Gasteiger partial charge in [-0.15, -0.1) is 0 Å². The number of anilines is 1. The second-order valence-electron chi connectivity index (χ2n) is 5.71. The molecule has 1 unspecified atom stereocenters. The van der Waals surface area contributed by atoms with Crippen molar-refractivity contribution in [2.45, 2.75) is 13.0 Å². The quantitative estimate of drug-likeness (QED) is 0.668. The van der Waals surface area contributed by atoms with Gasteiger partial charge in [0, 0.05) is 11.1 Å². The van der Waals surface area contributed by atoms with Gasteiger partial charge in [-0.25, -0.2) is 9.89 Å². The number of nitrogens with zero attached hydrogens (tertiary/aromatic N) is 1. The number of amides is 1. The first-order valence-corrected chi connectivity index (χ1v) is 8.13. The molecule has 1 aromatic heterocycles. The smallest absolute Gasteiger partial charge is 0.360 e. The molecule has 0 saturated carbocycles. The number of hydrogen-bond donors (Lipinski definition) is 2. The zero-order valence-electron chi connectivity index (χ0n) is 14.7. The van der Waals surface area contributed by atoms with E-state index in [1.807, 2.05) is 0 Å². The molecule has 0 aliphatic carbocycles. The topological polar surface area (TPSA) is 110 Å². The van der Waals surface area contributed by atoms with E-state index in [0.29, 0.717) is 22.2 Å². The molecule has 1 atom stereocenters. The van der Waals surface area contributed by atoms with Gasteiger partial charge >= 0.3 is 5.97 Å². The first-order chi connectivity index (χ1) is 13.0. The third-order valence-electron chi connectivity index (χ3n) is 3.90. The van der Waals surface area contributed by atoms with Gasteiger partial charge in [-0.2, -0.15) is 5.10 Å². The van der Waals surface area contributed by atoms with Crippen molar-refractivity contribution < 1.29 is 19.1 Å². The molecule has 0 fully saturated rings. The number of nitrogens with one attached hydrogen (secondary N) is 2. The van der Waals surface area contributed by atoms with Crippen LogP contribution in [0.1, 0.15) is 17.4 Å². The molecule has 138 valence electrons. The highest BCUT2D eigenvalue weighted by atomic mass is 16.5. The fraction of sp³-hybridized carbons (Fsp3) is 0.158. The number of ether oxygens (including phenoxy) is 2. The van der Waals surface area contributed by atoms with Gasteiger partial charge in [0.25, 0.3) is 11.5 Å². The fourth-order valence-electron chi connectivity index (χ4n) is 2.46. The van der Waals surface area contributed by atoms with Crippen molar-refractivity contribution in [3.8, 4) is 5.75 Å². The van der Waals surface area contributed by atoms with E-state index in [9.17, 15) is 14.4 Å². The number of esters is 1. The molecule has 3 aromatic rings. The minimum Gasteiger partial charge on any atom is -0.497 e. The van der Waals surface area contributed by atoms with Crippen molar-refractivity contribution in [2.24, 2.45) is 0 Å². The lowest BCUT2D eigenvalue weighted by Crippen LogP contribution is -2.30. The summed E-state index contributed by atoms with van der Waals surface area (Å²) in [4.78, 5) is 36.5. The summed E-state index contributed by atoms with van der Waals surface area (Å²) in [5.41, 5.74) is 0.0676. The molecule has 1 amide bonds. The average Bonchev–Trinajstić information content (AvgIpc) is 2.69. The Morgan fingerprint density at radius 1 is 1.07 bits per heavy atom. The maximum absolute atomic E-state index is 12.4. The largest absolute Gasteiger partial charge is 0.497 e. The van der Waals surface area contributed by atoms with E-state index in [0.717, 1.165) is 0 Å².